The van der Waals surface area contributed by atoms with E-state index in [9.17, 15) is 8.78 Å². The standard InChI is InChI=1S/C14H11BrF2O2/c1-18-11-4-2-3-9(5-11)8-19-13-7-10(15)6-12(16)14(13)17/h2-7H,8H2,1H3. The van der Waals surface area contributed by atoms with Crippen LogP contribution in [0.4, 0.5) is 8.78 Å². The van der Waals surface area contributed by atoms with E-state index >= 15 is 0 Å². The van der Waals surface area contributed by atoms with Crippen molar-refractivity contribution in [3.05, 3.63) is 58.1 Å². The normalized spacial score (nSPS) is 10.3. The molecule has 2 aromatic rings. The largest absolute Gasteiger partial charge is 0.497 e. The maximum Gasteiger partial charge on any atom is 0.200 e. The summed E-state index contributed by atoms with van der Waals surface area (Å²) in [5, 5.41) is 0. The lowest BCUT2D eigenvalue weighted by atomic mass is 10.2. The van der Waals surface area contributed by atoms with Gasteiger partial charge in [0.25, 0.3) is 0 Å². The summed E-state index contributed by atoms with van der Waals surface area (Å²) in [5.74, 6) is -1.39. The Hall–Kier alpha value is -1.62. The second-order valence-electron chi connectivity index (χ2n) is 3.84. The molecule has 2 aromatic carbocycles. The van der Waals surface area contributed by atoms with Crippen LogP contribution in [-0.4, -0.2) is 7.11 Å². The summed E-state index contributed by atoms with van der Waals surface area (Å²) in [6.07, 6.45) is 0. The molecular formula is C14H11BrF2O2. The van der Waals surface area contributed by atoms with Crippen LogP contribution in [0.1, 0.15) is 5.56 Å². The van der Waals surface area contributed by atoms with Gasteiger partial charge in [-0.1, -0.05) is 28.1 Å². The molecule has 0 amide bonds. The predicted molar refractivity (Wildman–Crippen MR) is 71.4 cm³/mol. The van der Waals surface area contributed by atoms with Crippen molar-refractivity contribution in [2.75, 3.05) is 7.11 Å². The van der Waals surface area contributed by atoms with Crippen molar-refractivity contribution in [2.24, 2.45) is 0 Å². The van der Waals surface area contributed by atoms with Crippen LogP contribution in [0, 0.1) is 11.6 Å². The van der Waals surface area contributed by atoms with Gasteiger partial charge in [-0.2, -0.15) is 4.39 Å². The fourth-order valence-corrected chi connectivity index (χ4v) is 1.97. The van der Waals surface area contributed by atoms with E-state index in [0.29, 0.717) is 10.2 Å². The molecule has 0 saturated heterocycles. The quantitative estimate of drug-likeness (QED) is 0.778. The molecule has 2 rings (SSSR count). The zero-order valence-electron chi connectivity index (χ0n) is 10.1. The Labute approximate surface area is 118 Å². The molecule has 0 spiro atoms. The third kappa shape index (κ3) is 3.44. The van der Waals surface area contributed by atoms with Crippen LogP contribution >= 0.6 is 15.9 Å². The molecule has 0 bridgehead atoms. The maximum atomic E-state index is 13.5. The summed E-state index contributed by atoms with van der Waals surface area (Å²) in [7, 11) is 1.56. The van der Waals surface area contributed by atoms with E-state index in [4.69, 9.17) is 9.47 Å². The van der Waals surface area contributed by atoms with E-state index in [1.165, 1.54) is 6.07 Å². The molecule has 0 atom stereocenters. The molecule has 0 aliphatic heterocycles. The summed E-state index contributed by atoms with van der Waals surface area (Å²) in [4.78, 5) is 0. The molecule has 0 aromatic heterocycles. The average molecular weight is 329 g/mol. The molecule has 0 radical (unpaired) electrons. The van der Waals surface area contributed by atoms with Crippen LogP contribution in [0.25, 0.3) is 0 Å². The number of halogens is 3. The van der Waals surface area contributed by atoms with Gasteiger partial charge in [-0.05, 0) is 29.8 Å². The topological polar surface area (TPSA) is 18.5 Å². The van der Waals surface area contributed by atoms with Gasteiger partial charge in [-0.3, -0.25) is 0 Å². The highest BCUT2D eigenvalue weighted by atomic mass is 79.9. The van der Waals surface area contributed by atoms with E-state index in [0.717, 1.165) is 11.6 Å². The lowest BCUT2D eigenvalue weighted by Gasteiger charge is -2.09. The molecule has 0 unspecified atom stereocenters. The van der Waals surface area contributed by atoms with E-state index in [1.807, 2.05) is 6.07 Å². The van der Waals surface area contributed by atoms with E-state index in [2.05, 4.69) is 15.9 Å². The number of benzene rings is 2. The Balaban J connectivity index is 2.14. The second-order valence-corrected chi connectivity index (χ2v) is 4.76. The number of rotatable bonds is 4. The molecule has 0 fully saturated rings. The average Bonchev–Trinajstić information content (AvgIpc) is 2.41. The highest BCUT2D eigenvalue weighted by Gasteiger charge is 2.11. The molecule has 5 heteroatoms. The van der Waals surface area contributed by atoms with Gasteiger partial charge in [0.1, 0.15) is 12.4 Å². The molecule has 0 saturated carbocycles. The minimum Gasteiger partial charge on any atom is -0.497 e. The Morgan fingerprint density at radius 2 is 1.95 bits per heavy atom. The van der Waals surface area contributed by atoms with Gasteiger partial charge in [-0.15, -0.1) is 0 Å². The van der Waals surface area contributed by atoms with Crippen molar-refractivity contribution in [2.45, 2.75) is 6.61 Å². The highest BCUT2D eigenvalue weighted by molar-refractivity contribution is 9.10. The van der Waals surface area contributed by atoms with Gasteiger partial charge in [0.15, 0.2) is 11.6 Å². The summed E-state index contributed by atoms with van der Waals surface area (Å²) >= 11 is 3.09. The number of hydrogen-bond donors (Lipinski definition) is 0. The van der Waals surface area contributed by atoms with E-state index < -0.39 is 11.6 Å². The van der Waals surface area contributed by atoms with Gasteiger partial charge in [-0.25, -0.2) is 4.39 Å². The summed E-state index contributed by atoms with van der Waals surface area (Å²) in [6, 6.07) is 9.62. The number of ether oxygens (including phenoxy) is 2. The lowest BCUT2D eigenvalue weighted by Crippen LogP contribution is -1.99. The van der Waals surface area contributed by atoms with E-state index in [-0.39, 0.29) is 12.4 Å². The molecule has 100 valence electrons. The summed E-state index contributed by atoms with van der Waals surface area (Å²) < 4.78 is 37.4. The molecule has 0 aliphatic carbocycles. The Kier molecular flexibility index (Phi) is 4.37. The first-order valence-corrected chi connectivity index (χ1v) is 6.29. The molecule has 2 nitrogen and oxygen atoms in total. The first-order valence-electron chi connectivity index (χ1n) is 5.50. The minimum absolute atomic E-state index is 0.129. The molecule has 0 aliphatic rings. The van der Waals surface area contributed by atoms with Crippen molar-refractivity contribution < 1.29 is 18.3 Å². The van der Waals surface area contributed by atoms with Crippen LogP contribution < -0.4 is 9.47 Å². The monoisotopic (exact) mass is 328 g/mol. The number of methoxy groups -OCH3 is 1. The number of hydrogen-bond acceptors (Lipinski definition) is 2. The third-order valence-corrected chi connectivity index (χ3v) is 2.95. The van der Waals surface area contributed by atoms with Crippen molar-refractivity contribution in [3.8, 4) is 11.5 Å². The van der Waals surface area contributed by atoms with Crippen LogP contribution in [0.2, 0.25) is 0 Å². The zero-order chi connectivity index (χ0) is 13.8. The predicted octanol–water partition coefficient (Wildman–Crippen LogP) is 4.31. The molecule has 0 N–H and O–H groups in total. The fourth-order valence-electron chi connectivity index (χ4n) is 1.56. The Morgan fingerprint density at radius 1 is 1.16 bits per heavy atom. The summed E-state index contributed by atoms with van der Waals surface area (Å²) in [6.45, 7) is 0.129. The van der Waals surface area contributed by atoms with E-state index in [1.54, 1.807) is 25.3 Å². The smallest absolute Gasteiger partial charge is 0.200 e. The molecular weight excluding hydrogens is 318 g/mol. The zero-order valence-corrected chi connectivity index (χ0v) is 11.7. The lowest BCUT2D eigenvalue weighted by molar-refractivity contribution is 0.283. The van der Waals surface area contributed by atoms with Crippen LogP contribution in [-0.2, 0) is 6.61 Å². The van der Waals surface area contributed by atoms with Crippen molar-refractivity contribution >= 4 is 15.9 Å². The first kappa shape index (κ1) is 13.8. The van der Waals surface area contributed by atoms with Gasteiger partial charge < -0.3 is 9.47 Å². The van der Waals surface area contributed by atoms with Gasteiger partial charge in [0, 0.05) is 4.47 Å². The second kappa shape index (κ2) is 6.02. The van der Waals surface area contributed by atoms with Gasteiger partial charge in [0.2, 0.25) is 5.82 Å². The van der Waals surface area contributed by atoms with Crippen molar-refractivity contribution in [1.29, 1.82) is 0 Å². The van der Waals surface area contributed by atoms with Gasteiger partial charge in [0.05, 0.1) is 7.11 Å². The van der Waals surface area contributed by atoms with Crippen molar-refractivity contribution in [3.63, 3.8) is 0 Å². The Morgan fingerprint density at radius 3 is 2.68 bits per heavy atom. The first-order chi connectivity index (χ1) is 9.10. The van der Waals surface area contributed by atoms with Crippen molar-refractivity contribution in [1.82, 2.24) is 0 Å². The Bertz CT molecular complexity index is 588. The maximum absolute atomic E-state index is 13.5. The third-order valence-electron chi connectivity index (χ3n) is 2.49. The molecule has 0 heterocycles. The highest BCUT2D eigenvalue weighted by Crippen LogP contribution is 2.26. The van der Waals surface area contributed by atoms with Crippen LogP contribution in [0.3, 0.4) is 0 Å². The van der Waals surface area contributed by atoms with Crippen LogP contribution in [0.15, 0.2) is 40.9 Å². The molecule has 19 heavy (non-hydrogen) atoms. The minimum atomic E-state index is -0.994. The fraction of sp³-hybridized carbons (Fsp3) is 0.143. The SMILES string of the molecule is COc1cccc(COc2cc(Br)cc(F)c2F)c1. The van der Waals surface area contributed by atoms with Crippen LogP contribution in [0.5, 0.6) is 11.5 Å². The summed E-state index contributed by atoms with van der Waals surface area (Å²) in [5.41, 5.74) is 0.805. The van der Waals surface area contributed by atoms with Gasteiger partial charge >= 0.3 is 0 Å².